The molecule has 0 aliphatic heterocycles. The zero-order valence-corrected chi connectivity index (χ0v) is 8.24. The summed E-state index contributed by atoms with van der Waals surface area (Å²) in [7, 11) is 1.11. The number of carbonyl (C=O) groups is 1. The third-order valence-corrected chi connectivity index (χ3v) is 2.58. The van der Waals surface area contributed by atoms with Gasteiger partial charge >= 0.3 is 12.1 Å². The summed E-state index contributed by atoms with van der Waals surface area (Å²) >= 11 is 2.94. The van der Waals surface area contributed by atoms with Crippen molar-refractivity contribution in [3.63, 3.8) is 0 Å². The topological polar surface area (TPSA) is 20.3 Å². The average Bonchev–Trinajstić information content (AvgIpc) is 1.98. The number of alkyl halides is 4. The minimum absolute atomic E-state index is 0.429. The summed E-state index contributed by atoms with van der Waals surface area (Å²) in [6.45, 7) is 1.68. The van der Waals surface area contributed by atoms with Crippen LogP contribution in [-0.2, 0) is 4.79 Å². The first-order chi connectivity index (χ1) is 5.30. The van der Waals surface area contributed by atoms with E-state index in [9.17, 15) is 18.0 Å². The third-order valence-electron chi connectivity index (χ3n) is 1.32. The lowest BCUT2D eigenvalue weighted by atomic mass is 10.4. The Balaban J connectivity index is 4.30. The summed E-state index contributed by atoms with van der Waals surface area (Å²) in [4.78, 5) is 10.6. The minimum atomic E-state index is -4.78. The molecule has 0 rings (SSSR count). The summed E-state index contributed by atoms with van der Waals surface area (Å²) in [6, 6.07) is 0. The van der Waals surface area contributed by atoms with Gasteiger partial charge in [0.05, 0.1) is 4.95 Å². The normalized spacial score (nSPS) is 14.2. The molecule has 0 aromatic rings. The molecule has 0 saturated carbocycles. The van der Waals surface area contributed by atoms with Crippen molar-refractivity contribution in [3.8, 4) is 0 Å². The lowest BCUT2D eigenvalue weighted by Gasteiger charge is -2.22. The third kappa shape index (κ3) is 3.00. The van der Waals surface area contributed by atoms with Crippen LogP contribution in [0.4, 0.5) is 13.2 Å². The first kappa shape index (κ1) is 11.7. The van der Waals surface area contributed by atoms with Crippen LogP contribution in [0.5, 0.6) is 0 Å². The summed E-state index contributed by atoms with van der Waals surface area (Å²) in [5, 5.41) is 0. The van der Waals surface area contributed by atoms with E-state index >= 15 is 0 Å². The maximum atomic E-state index is 11.8. The fourth-order valence-electron chi connectivity index (χ4n) is 0.601. The number of halogens is 4. The predicted octanol–water partition coefficient (Wildman–Crippen LogP) is 2.14. The van der Waals surface area contributed by atoms with Crippen molar-refractivity contribution in [1.82, 2.24) is 4.90 Å². The highest BCUT2D eigenvalue weighted by atomic mass is 79.9. The molecular weight excluding hydrogens is 239 g/mol. The molecule has 0 N–H and O–H groups in total. The molecule has 0 spiro atoms. The number of nitrogens with zero attached hydrogens (tertiary/aromatic N) is 1. The van der Waals surface area contributed by atoms with Gasteiger partial charge in [0.2, 0.25) is 0 Å². The molecule has 12 heavy (non-hydrogen) atoms. The number of hydrogen-bond donors (Lipinski definition) is 0. The van der Waals surface area contributed by atoms with Gasteiger partial charge in [-0.15, -0.1) is 0 Å². The molecule has 0 heterocycles. The van der Waals surface area contributed by atoms with Crippen LogP contribution >= 0.6 is 15.9 Å². The maximum absolute atomic E-state index is 11.8. The van der Waals surface area contributed by atoms with Gasteiger partial charge in [-0.2, -0.15) is 13.2 Å². The number of hydrogen-bond acceptors (Lipinski definition) is 1. The Labute approximate surface area is 76.8 Å². The van der Waals surface area contributed by atoms with E-state index in [0.29, 0.717) is 11.3 Å². The summed E-state index contributed by atoms with van der Waals surface area (Å²) < 4.78 is 35.4. The van der Waals surface area contributed by atoms with Crippen LogP contribution in [-0.4, -0.2) is 29.0 Å². The van der Waals surface area contributed by atoms with E-state index in [0.717, 1.165) is 7.05 Å². The standard InChI is InChI=1S/C6H9BrF3NO/c1-3-4(7)11(2)5(12)6(8,9)10/h4H,3H2,1-2H3. The molecule has 0 radical (unpaired) electrons. The Morgan fingerprint density at radius 2 is 2.00 bits per heavy atom. The Bertz CT molecular complexity index is 171. The van der Waals surface area contributed by atoms with Crippen molar-refractivity contribution < 1.29 is 18.0 Å². The molecule has 1 unspecified atom stereocenters. The van der Waals surface area contributed by atoms with Gasteiger partial charge in [-0.1, -0.05) is 22.9 Å². The van der Waals surface area contributed by atoms with Gasteiger partial charge in [0.1, 0.15) is 0 Å². The van der Waals surface area contributed by atoms with Crippen molar-refractivity contribution >= 4 is 21.8 Å². The molecule has 0 saturated heterocycles. The SMILES string of the molecule is CCC(Br)N(C)C(=O)C(F)(F)F. The highest BCUT2D eigenvalue weighted by molar-refractivity contribution is 9.09. The smallest absolute Gasteiger partial charge is 0.325 e. The van der Waals surface area contributed by atoms with E-state index < -0.39 is 17.0 Å². The molecule has 0 fully saturated rings. The second-order valence-corrected chi connectivity index (χ2v) is 3.31. The largest absolute Gasteiger partial charge is 0.471 e. The second kappa shape index (κ2) is 4.11. The van der Waals surface area contributed by atoms with Crippen molar-refractivity contribution in [2.45, 2.75) is 24.5 Å². The van der Waals surface area contributed by atoms with E-state index in [1.165, 1.54) is 0 Å². The van der Waals surface area contributed by atoms with E-state index in [2.05, 4.69) is 15.9 Å². The molecule has 6 heteroatoms. The van der Waals surface area contributed by atoms with Crippen molar-refractivity contribution in [3.05, 3.63) is 0 Å². The number of carbonyl (C=O) groups excluding carboxylic acids is 1. The van der Waals surface area contributed by atoms with Gasteiger partial charge in [0.25, 0.3) is 0 Å². The molecule has 72 valence electrons. The Kier molecular flexibility index (Phi) is 4.02. The van der Waals surface area contributed by atoms with Gasteiger partial charge in [-0.05, 0) is 6.42 Å². The van der Waals surface area contributed by atoms with E-state index in [4.69, 9.17) is 0 Å². The Hall–Kier alpha value is -0.260. The van der Waals surface area contributed by atoms with Crippen LogP contribution in [0.1, 0.15) is 13.3 Å². The van der Waals surface area contributed by atoms with Crippen LogP contribution in [0.15, 0.2) is 0 Å². The summed E-state index contributed by atoms with van der Waals surface area (Å²) in [5.41, 5.74) is 0. The quantitative estimate of drug-likeness (QED) is 0.541. The van der Waals surface area contributed by atoms with Gasteiger partial charge in [0.15, 0.2) is 0 Å². The lowest BCUT2D eigenvalue weighted by molar-refractivity contribution is -0.184. The van der Waals surface area contributed by atoms with E-state index in [-0.39, 0.29) is 0 Å². The zero-order chi connectivity index (χ0) is 9.94. The highest BCUT2D eigenvalue weighted by Gasteiger charge is 2.42. The number of rotatable bonds is 2. The Morgan fingerprint density at radius 1 is 1.58 bits per heavy atom. The summed E-state index contributed by atoms with van der Waals surface area (Å²) in [5.74, 6) is -1.83. The van der Waals surface area contributed by atoms with Crippen molar-refractivity contribution in [2.75, 3.05) is 7.05 Å². The fourth-order valence-corrected chi connectivity index (χ4v) is 0.787. The van der Waals surface area contributed by atoms with Crippen LogP contribution in [0.25, 0.3) is 0 Å². The van der Waals surface area contributed by atoms with Gasteiger partial charge < -0.3 is 4.90 Å². The first-order valence-corrected chi connectivity index (χ1v) is 4.20. The molecule has 0 aromatic heterocycles. The molecule has 0 aliphatic rings. The van der Waals surface area contributed by atoms with Crippen LogP contribution in [0, 0.1) is 0 Å². The molecule has 1 atom stereocenters. The van der Waals surface area contributed by atoms with Crippen molar-refractivity contribution in [1.29, 1.82) is 0 Å². The maximum Gasteiger partial charge on any atom is 0.471 e. The van der Waals surface area contributed by atoms with E-state index in [1.54, 1.807) is 6.92 Å². The minimum Gasteiger partial charge on any atom is -0.325 e. The highest BCUT2D eigenvalue weighted by Crippen LogP contribution is 2.21. The molecule has 1 amide bonds. The fraction of sp³-hybridized carbons (Fsp3) is 0.833. The summed E-state index contributed by atoms with van der Waals surface area (Å²) in [6.07, 6.45) is -4.35. The van der Waals surface area contributed by atoms with E-state index in [1.807, 2.05) is 0 Å². The zero-order valence-electron chi connectivity index (χ0n) is 6.65. The van der Waals surface area contributed by atoms with Crippen LogP contribution < -0.4 is 0 Å². The van der Waals surface area contributed by atoms with Gasteiger partial charge in [0, 0.05) is 7.05 Å². The molecule has 2 nitrogen and oxygen atoms in total. The molecule has 0 aromatic carbocycles. The molecule has 0 bridgehead atoms. The van der Waals surface area contributed by atoms with Crippen molar-refractivity contribution in [2.24, 2.45) is 0 Å². The second-order valence-electron chi connectivity index (χ2n) is 2.26. The molecular formula is C6H9BrF3NO. The van der Waals surface area contributed by atoms with Gasteiger partial charge in [-0.3, -0.25) is 4.79 Å². The van der Waals surface area contributed by atoms with Crippen LogP contribution in [0.3, 0.4) is 0 Å². The number of amides is 1. The van der Waals surface area contributed by atoms with Gasteiger partial charge in [-0.25, -0.2) is 0 Å². The van der Waals surface area contributed by atoms with Crippen LogP contribution in [0.2, 0.25) is 0 Å². The Morgan fingerprint density at radius 3 is 2.25 bits per heavy atom. The monoisotopic (exact) mass is 247 g/mol. The lowest BCUT2D eigenvalue weighted by Crippen LogP contribution is -2.41. The predicted molar refractivity (Wildman–Crippen MR) is 41.8 cm³/mol. The average molecular weight is 248 g/mol. The first-order valence-electron chi connectivity index (χ1n) is 3.28. The molecule has 0 aliphatic carbocycles.